The largest absolute Gasteiger partial charge is 0.365 e. The number of amides is 1. The molecule has 0 radical (unpaired) electrons. The number of piperidine rings is 1. The Morgan fingerprint density at radius 3 is 2.41 bits per heavy atom. The fraction of sp³-hybridized carbons (Fsp3) is 0.389. The van der Waals surface area contributed by atoms with Gasteiger partial charge in [-0.3, -0.25) is 9.69 Å². The number of hydrogen-bond acceptors (Lipinski definition) is 3. The molecule has 1 amide bonds. The summed E-state index contributed by atoms with van der Waals surface area (Å²) in [6.07, 6.45) is 3.99. The van der Waals surface area contributed by atoms with Crippen LogP contribution in [0.3, 0.4) is 0 Å². The van der Waals surface area contributed by atoms with Crippen molar-refractivity contribution in [2.24, 2.45) is 5.73 Å². The highest BCUT2D eigenvalue weighted by Crippen LogP contribution is 2.29. The van der Waals surface area contributed by atoms with Crippen molar-refractivity contribution in [3.05, 3.63) is 46.2 Å². The van der Waals surface area contributed by atoms with Crippen LogP contribution in [0.1, 0.15) is 47.5 Å². The molecule has 1 saturated heterocycles. The number of rotatable bonds is 4. The predicted octanol–water partition coefficient (Wildman–Crippen LogP) is 4.06. The SMILES string of the molecule is C[C@H](c1ccc(-c2csc(C(N)=O)c2)cc1)N1CCCCC1. The summed E-state index contributed by atoms with van der Waals surface area (Å²) in [7, 11) is 0. The monoisotopic (exact) mass is 314 g/mol. The molecule has 116 valence electrons. The first-order valence-corrected chi connectivity index (χ1v) is 8.76. The van der Waals surface area contributed by atoms with Gasteiger partial charge in [-0.1, -0.05) is 30.7 Å². The van der Waals surface area contributed by atoms with Gasteiger partial charge in [-0.2, -0.15) is 0 Å². The van der Waals surface area contributed by atoms with Crippen LogP contribution in [0.4, 0.5) is 0 Å². The first-order valence-electron chi connectivity index (χ1n) is 7.88. The average Bonchev–Trinajstić information content (AvgIpc) is 3.05. The van der Waals surface area contributed by atoms with Gasteiger partial charge in [0.2, 0.25) is 0 Å². The van der Waals surface area contributed by atoms with Gasteiger partial charge in [-0.15, -0.1) is 11.3 Å². The van der Waals surface area contributed by atoms with Crippen LogP contribution in [0.5, 0.6) is 0 Å². The van der Waals surface area contributed by atoms with Gasteiger partial charge >= 0.3 is 0 Å². The molecule has 0 spiro atoms. The molecule has 1 atom stereocenters. The standard InChI is InChI=1S/C18H22N2OS/c1-13(20-9-3-2-4-10-20)14-5-7-15(8-6-14)16-11-17(18(19)21)22-12-16/h5-8,11-13H,2-4,9-10H2,1H3,(H2,19,21)/t13-/m1/s1. The molecule has 1 fully saturated rings. The van der Waals surface area contributed by atoms with E-state index in [1.165, 1.54) is 49.3 Å². The summed E-state index contributed by atoms with van der Waals surface area (Å²) in [4.78, 5) is 14.4. The van der Waals surface area contributed by atoms with Gasteiger partial charge in [0.05, 0.1) is 4.88 Å². The Balaban J connectivity index is 1.75. The van der Waals surface area contributed by atoms with E-state index >= 15 is 0 Å². The molecule has 22 heavy (non-hydrogen) atoms. The number of thiophene rings is 1. The van der Waals surface area contributed by atoms with Crippen LogP contribution in [0.15, 0.2) is 35.7 Å². The van der Waals surface area contributed by atoms with E-state index in [2.05, 4.69) is 36.1 Å². The van der Waals surface area contributed by atoms with Crippen LogP contribution in [-0.4, -0.2) is 23.9 Å². The van der Waals surface area contributed by atoms with E-state index in [9.17, 15) is 4.79 Å². The fourth-order valence-corrected chi connectivity index (χ4v) is 3.86. The van der Waals surface area contributed by atoms with Crippen molar-refractivity contribution in [1.82, 2.24) is 4.90 Å². The van der Waals surface area contributed by atoms with Gasteiger partial charge in [0, 0.05) is 6.04 Å². The predicted molar refractivity (Wildman–Crippen MR) is 92.1 cm³/mol. The Labute approximate surface area is 135 Å². The molecular formula is C18H22N2OS. The lowest BCUT2D eigenvalue weighted by molar-refractivity contribution is 0.100. The molecule has 2 aromatic rings. The summed E-state index contributed by atoms with van der Waals surface area (Å²) in [5.74, 6) is -0.355. The topological polar surface area (TPSA) is 46.3 Å². The van der Waals surface area contributed by atoms with Crippen molar-refractivity contribution < 1.29 is 4.79 Å². The number of hydrogen-bond donors (Lipinski definition) is 1. The lowest BCUT2D eigenvalue weighted by atomic mass is 10.0. The van der Waals surface area contributed by atoms with E-state index in [1.807, 2.05) is 11.4 Å². The lowest BCUT2D eigenvalue weighted by Crippen LogP contribution is -2.32. The van der Waals surface area contributed by atoms with Crippen LogP contribution in [0.25, 0.3) is 11.1 Å². The molecule has 2 heterocycles. The summed E-state index contributed by atoms with van der Waals surface area (Å²) >= 11 is 1.40. The smallest absolute Gasteiger partial charge is 0.258 e. The molecule has 1 aromatic heterocycles. The molecule has 2 N–H and O–H groups in total. The Morgan fingerprint density at radius 1 is 1.14 bits per heavy atom. The lowest BCUT2D eigenvalue weighted by Gasteiger charge is -2.32. The third-order valence-corrected chi connectivity index (χ3v) is 5.45. The van der Waals surface area contributed by atoms with Crippen molar-refractivity contribution in [3.8, 4) is 11.1 Å². The Bertz CT molecular complexity index is 641. The van der Waals surface area contributed by atoms with E-state index in [4.69, 9.17) is 5.73 Å². The second kappa shape index (κ2) is 6.63. The number of carbonyl (C=O) groups excluding carboxylic acids is 1. The number of benzene rings is 1. The molecule has 0 saturated carbocycles. The van der Waals surface area contributed by atoms with Crippen molar-refractivity contribution in [2.45, 2.75) is 32.2 Å². The number of nitrogens with zero attached hydrogens (tertiary/aromatic N) is 1. The maximum Gasteiger partial charge on any atom is 0.258 e. The molecular weight excluding hydrogens is 292 g/mol. The van der Waals surface area contributed by atoms with Gasteiger partial charge in [0.1, 0.15) is 0 Å². The molecule has 4 heteroatoms. The molecule has 0 unspecified atom stereocenters. The minimum atomic E-state index is -0.355. The van der Waals surface area contributed by atoms with Crippen LogP contribution >= 0.6 is 11.3 Å². The highest BCUT2D eigenvalue weighted by Gasteiger charge is 2.18. The summed E-state index contributed by atoms with van der Waals surface area (Å²) < 4.78 is 0. The van der Waals surface area contributed by atoms with Gasteiger partial charge in [-0.25, -0.2) is 0 Å². The minimum absolute atomic E-state index is 0.355. The molecule has 1 aromatic carbocycles. The second-order valence-electron chi connectivity index (χ2n) is 5.96. The maximum atomic E-state index is 11.2. The first-order chi connectivity index (χ1) is 10.6. The zero-order valence-corrected chi connectivity index (χ0v) is 13.7. The molecule has 3 rings (SSSR count). The van der Waals surface area contributed by atoms with Gasteiger partial charge in [-0.05, 0) is 61.0 Å². The summed E-state index contributed by atoms with van der Waals surface area (Å²) in [5.41, 5.74) is 8.88. The zero-order valence-electron chi connectivity index (χ0n) is 12.9. The van der Waals surface area contributed by atoms with Crippen LogP contribution < -0.4 is 5.73 Å². The molecule has 1 aliphatic rings. The van der Waals surface area contributed by atoms with Crippen molar-refractivity contribution in [3.63, 3.8) is 0 Å². The number of primary amides is 1. The van der Waals surface area contributed by atoms with Crippen molar-refractivity contribution in [1.29, 1.82) is 0 Å². The second-order valence-corrected chi connectivity index (χ2v) is 6.87. The van der Waals surface area contributed by atoms with Crippen LogP contribution in [0, 0.1) is 0 Å². The van der Waals surface area contributed by atoms with Gasteiger partial charge < -0.3 is 5.73 Å². The molecule has 0 bridgehead atoms. The van der Waals surface area contributed by atoms with Gasteiger partial charge in [0.15, 0.2) is 0 Å². The van der Waals surface area contributed by atoms with E-state index < -0.39 is 0 Å². The maximum absolute atomic E-state index is 11.2. The van der Waals surface area contributed by atoms with E-state index in [0.29, 0.717) is 10.9 Å². The molecule has 1 aliphatic heterocycles. The minimum Gasteiger partial charge on any atom is -0.365 e. The fourth-order valence-electron chi connectivity index (χ4n) is 3.09. The van der Waals surface area contributed by atoms with Crippen LogP contribution in [-0.2, 0) is 0 Å². The Morgan fingerprint density at radius 2 is 1.82 bits per heavy atom. The van der Waals surface area contributed by atoms with E-state index in [-0.39, 0.29) is 5.91 Å². The van der Waals surface area contributed by atoms with Crippen molar-refractivity contribution >= 4 is 17.2 Å². The number of carbonyl (C=O) groups is 1. The summed E-state index contributed by atoms with van der Waals surface area (Å²) in [6.45, 7) is 4.70. The Hall–Kier alpha value is -1.65. The third-order valence-electron chi connectivity index (χ3n) is 4.51. The molecule has 0 aliphatic carbocycles. The quantitative estimate of drug-likeness (QED) is 0.925. The number of nitrogens with two attached hydrogens (primary N) is 1. The summed E-state index contributed by atoms with van der Waals surface area (Å²) in [5, 5.41) is 1.99. The Kier molecular flexibility index (Phi) is 4.60. The van der Waals surface area contributed by atoms with Crippen LogP contribution in [0.2, 0.25) is 0 Å². The third kappa shape index (κ3) is 3.23. The highest BCUT2D eigenvalue weighted by molar-refractivity contribution is 7.12. The average molecular weight is 314 g/mol. The van der Waals surface area contributed by atoms with E-state index in [0.717, 1.165) is 11.1 Å². The molecule has 3 nitrogen and oxygen atoms in total. The highest BCUT2D eigenvalue weighted by atomic mass is 32.1. The van der Waals surface area contributed by atoms with E-state index in [1.54, 1.807) is 0 Å². The van der Waals surface area contributed by atoms with Crippen molar-refractivity contribution in [2.75, 3.05) is 13.1 Å². The number of likely N-dealkylation sites (tertiary alicyclic amines) is 1. The first kappa shape index (κ1) is 15.3. The normalized spacial score (nSPS) is 17.3. The van der Waals surface area contributed by atoms with Gasteiger partial charge in [0.25, 0.3) is 5.91 Å². The summed E-state index contributed by atoms with van der Waals surface area (Å²) in [6, 6.07) is 11.0. The zero-order chi connectivity index (χ0) is 15.5.